The molecule has 1 aliphatic rings. The number of para-hydroxylation sites is 1. The third-order valence-corrected chi connectivity index (χ3v) is 6.19. The average molecular weight is 544 g/mol. The van der Waals surface area contributed by atoms with Crippen molar-refractivity contribution in [1.29, 1.82) is 5.26 Å². The summed E-state index contributed by atoms with van der Waals surface area (Å²) < 4.78 is 10.9. The largest absolute Gasteiger partial charge is 0.481 e. The molecule has 0 aliphatic carbocycles. The van der Waals surface area contributed by atoms with Crippen molar-refractivity contribution in [3.8, 4) is 6.07 Å². The van der Waals surface area contributed by atoms with Gasteiger partial charge in [-0.3, -0.25) is 24.7 Å². The SMILES string of the molecule is CC(=O)OC(=C(C#N)C(=O)O)C1C(C(=O)O)C(c2ccccc2[N+](=O)[O-])C=C(c2ccco2)N1c1ccncc1. The molecule has 0 amide bonds. The van der Waals surface area contributed by atoms with Crippen molar-refractivity contribution in [3.63, 3.8) is 0 Å². The molecule has 0 radical (unpaired) electrons. The van der Waals surface area contributed by atoms with Crippen LogP contribution in [0.15, 0.2) is 89.0 Å². The third-order valence-electron chi connectivity index (χ3n) is 6.19. The monoisotopic (exact) mass is 544 g/mol. The van der Waals surface area contributed by atoms with Crippen molar-refractivity contribution in [2.45, 2.75) is 18.9 Å². The number of pyridine rings is 1. The minimum absolute atomic E-state index is 0.000609. The predicted molar refractivity (Wildman–Crippen MR) is 136 cm³/mol. The highest BCUT2D eigenvalue weighted by molar-refractivity contribution is 5.94. The standard InChI is InChI=1S/C27H20N4O9/c1-15(32)40-25(19(14-28)26(33)34)24-23(27(35)36)18(17-5-2-3-6-20(17)31(37)38)13-21(22-7-4-12-39-22)30(24)16-8-10-29-11-9-16/h2-13,18,23-24H,1H3,(H,33,34)(H,35,36). The number of nitro benzene ring substituents is 1. The molecule has 4 rings (SSSR count). The van der Waals surface area contributed by atoms with E-state index in [4.69, 9.17) is 9.15 Å². The van der Waals surface area contributed by atoms with E-state index in [0.717, 1.165) is 6.92 Å². The van der Waals surface area contributed by atoms with Crippen LogP contribution in [0.25, 0.3) is 5.70 Å². The molecule has 3 aromatic rings. The summed E-state index contributed by atoms with van der Waals surface area (Å²) in [5, 5.41) is 42.1. The van der Waals surface area contributed by atoms with Crippen molar-refractivity contribution in [3.05, 3.63) is 106 Å². The summed E-state index contributed by atoms with van der Waals surface area (Å²) >= 11 is 0. The molecule has 1 aromatic carbocycles. The second-order valence-corrected chi connectivity index (χ2v) is 8.51. The number of furan rings is 1. The lowest BCUT2D eigenvalue weighted by molar-refractivity contribution is -0.385. The van der Waals surface area contributed by atoms with Gasteiger partial charge in [-0.05, 0) is 30.3 Å². The van der Waals surface area contributed by atoms with Crippen LogP contribution in [0.4, 0.5) is 11.4 Å². The predicted octanol–water partition coefficient (Wildman–Crippen LogP) is 3.72. The van der Waals surface area contributed by atoms with Crippen molar-refractivity contribution in [2.75, 3.05) is 4.90 Å². The summed E-state index contributed by atoms with van der Waals surface area (Å²) in [7, 11) is 0. The number of hydrogen-bond acceptors (Lipinski definition) is 10. The number of nitriles is 1. The van der Waals surface area contributed by atoms with E-state index in [9.17, 15) is 40.0 Å². The molecule has 0 saturated heterocycles. The van der Waals surface area contributed by atoms with E-state index in [1.807, 2.05) is 0 Å². The molecule has 2 N–H and O–H groups in total. The Morgan fingerprint density at radius 3 is 2.38 bits per heavy atom. The molecule has 3 unspecified atom stereocenters. The minimum atomic E-state index is -1.77. The quantitative estimate of drug-likeness (QED) is 0.104. The molecule has 0 fully saturated rings. The number of nitrogens with zero attached hydrogens (tertiary/aromatic N) is 4. The van der Waals surface area contributed by atoms with Gasteiger partial charge in [-0.25, -0.2) is 4.79 Å². The number of carboxylic acids is 2. The van der Waals surface area contributed by atoms with Crippen molar-refractivity contribution < 1.29 is 38.7 Å². The lowest BCUT2D eigenvalue weighted by Gasteiger charge is -2.44. The van der Waals surface area contributed by atoms with E-state index in [0.29, 0.717) is 0 Å². The first-order valence-corrected chi connectivity index (χ1v) is 11.6. The fraction of sp³-hybridized carbons (Fsp3) is 0.148. The molecule has 0 spiro atoms. The highest BCUT2D eigenvalue weighted by Crippen LogP contribution is 2.48. The van der Waals surface area contributed by atoms with Crippen LogP contribution < -0.4 is 4.90 Å². The number of carbonyl (C=O) groups is 3. The van der Waals surface area contributed by atoms with Gasteiger partial charge in [-0.2, -0.15) is 5.26 Å². The fourth-order valence-electron chi connectivity index (χ4n) is 4.70. The van der Waals surface area contributed by atoms with Gasteiger partial charge in [0, 0.05) is 42.6 Å². The van der Waals surface area contributed by atoms with E-state index < -0.39 is 52.0 Å². The Bertz CT molecular complexity index is 1570. The number of aromatic nitrogens is 1. The highest BCUT2D eigenvalue weighted by atomic mass is 16.6. The normalized spacial score (nSPS) is 19.1. The first-order valence-electron chi connectivity index (χ1n) is 11.6. The van der Waals surface area contributed by atoms with Gasteiger partial charge in [0.2, 0.25) is 0 Å². The number of hydrogen-bond donors (Lipinski definition) is 2. The molecule has 13 heteroatoms. The molecule has 0 bridgehead atoms. The van der Waals surface area contributed by atoms with Crippen LogP contribution in [0.3, 0.4) is 0 Å². The molecule has 1 aliphatic heterocycles. The maximum absolute atomic E-state index is 13.0. The fourth-order valence-corrected chi connectivity index (χ4v) is 4.70. The summed E-state index contributed by atoms with van der Waals surface area (Å²) in [5.41, 5.74) is -0.954. The minimum Gasteiger partial charge on any atom is -0.481 e. The number of allylic oxidation sites excluding steroid dienone is 1. The summed E-state index contributed by atoms with van der Waals surface area (Å²) in [4.78, 5) is 54.0. The first kappa shape index (κ1) is 27.3. The van der Waals surface area contributed by atoms with Crippen LogP contribution in [0.1, 0.15) is 24.2 Å². The van der Waals surface area contributed by atoms with Crippen LogP contribution >= 0.6 is 0 Å². The number of nitro groups is 1. The summed E-state index contributed by atoms with van der Waals surface area (Å²) in [6, 6.07) is 11.4. The average Bonchev–Trinajstić information content (AvgIpc) is 3.47. The van der Waals surface area contributed by atoms with Gasteiger partial charge in [0.15, 0.2) is 11.3 Å². The topological polar surface area (TPSA) is 197 Å². The van der Waals surface area contributed by atoms with Crippen molar-refractivity contribution >= 4 is 35.0 Å². The Morgan fingerprint density at radius 2 is 1.82 bits per heavy atom. The Kier molecular flexibility index (Phi) is 7.71. The van der Waals surface area contributed by atoms with E-state index in [1.54, 1.807) is 12.1 Å². The van der Waals surface area contributed by atoms with Gasteiger partial charge in [0.25, 0.3) is 5.69 Å². The van der Waals surface area contributed by atoms with Crippen molar-refractivity contribution in [1.82, 2.24) is 4.98 Å². The van der Waals surface area contributed by atoms with Gasteiger partial charge in [0.1, 0.15) is 17.9 Å². The molecular weight excluding hydrogens is 524 g/mol. The zero-order chi connectivity index (χ0) is 29.0. The number of benzene rings is 1. The van der Waals surface area contributed by atoms with E-state index >= 15 is 0 Å². The summed E-state index contributed by atoms with van der Waals surface area (Å²) in [6.07, 6.45) is 5.59. The Labute approximate surface area is 226 Å². The van der Waals surface area contributed by atoms with Gasteiger partial charge in [0.05, 0.1) is 22.8 Å². The lowest BCUT2D eigenvalue weighted by atomic mass is 9.75. The number of anilines is 1. The summed E-state index contributed by atoms with van der Waals surface area (Å²) in [6.45, 7) is 0.967. The second-order valence-electron chi connectivity index (χ2n) is 8.51. The Balaban J connectivity index is 2.17. The maximum atomic E-state index is 13.0. The first-order chi connectivity index (χ1) is 19.1. The van der Waals surface area contributed by atoms with Crippen LogP contribution in [0.5, 0.6) is 0 Å². The van der Waals surface area contributed by atoms with E-state index in [1.165, 1.54) is 72.1 Å². The van der Waals surface area contributed by atoms with Gasteiger partial charge >= 0.3 is 17.9 Å². The number of rotatable bonds is 8. The number of ether oxygens (including phenoxy) is 1. The molecule has 13 nitrogen and oxygen atoms in total. The van der Waals surface area contributed by atoms with Gasteiger partial charge < -0.3 is 24.3 Å². The van der Waals surface area contributed by atoms with Gasteiger partial charge in [-0.1, -0.05) is 18.2 Å². The number of esters is 1. The van der Waals surface area contributed by atoms with Crippen molar-refractivity contribution in [2.24, 2.45) is 5.92 Å². The zero-order valence-corrected chi connectivity index (χ0v) is 20.7. The zero-order valence-electron chi connectivity index (χ0n) is 20.7. The van der Waals surface area contributed by atoms with E-state index in [-0.39, 0.29) is 28.4 Å². The smallest absolute Gasteiger partial charge is 0.350 e. The van der Waals surface area contributed by atoms with Crippen LogP contribution in [0, 0.1) is 27.4 Å². The van der Waals surface area contributed by atoms with Gasteiger partial charge in [-0.15, -0.1) is 0 Å². The Hall–Kier alpha value is -5.77. The highest BCUT2D eigenvalue weighted by Gasteiger charge is 2.50. The molecule has 2 aromatic heterocycles. The number of carboxylic acid groups (broad SMARTS) is 2. The molecular formula is C27H20N4O9. The van der Waals surface area contributed by atoms with E-state index in [2.05, 4.69) is 4.98 Å². The molecule has 3 atom stereocenters. The lowest BCUT2D eigenvalue weighted by Crippen LogP contribution is -2.50. The second kappa shape index (κ2) is 11.3. The van der Waals surface area contributed by atoms with Crippen LogP contribution in [0.2, 0.25) is 0 Å². The molecule has 0 saturated carbocycles. The number of carbonyl (C=O) groups excluding carboxylic acids is 1. The molecule has 3 heterocycles. The summed E-state index contributed by atoms with van der Waals surface area (Å²) in [5.74, 6) is -7.84. The molecule has 40 heavy (non-hydrogen) atoms. The van der Waals surface area contributed by atoms with Crippen LogP contribution in [-0.2, 0) is 19.1 Å². The third kappa shape index (κ3) is 5.14. The Morgan fingerprint density at radius 1 is 1.12 bits per heavy atom. The maximum Gasteiger partial charge on any atom is 0.350 e. The molecule has 202 valence electrons. The number of aliphatic carboxylic acids is 2. The van der Waals surface area contributed by atoms with Crippen LogP contribution in [-0.4, -0.2) is 44.1 Å².